The Morgan fingerprint density at radius 1 is 0.929 bits per heavy atom. The van der Waals surface area contributed by atoms with Gasteiger partial charge < -0.3 is 35.5 Å². The zero-order chi connectivity index (χ0) is 30.2. The van der Waals surface area contributed by atoms with Crippen LogP contribution in [0.3, 0.4) is 0 Å². The fraction of sp³-hybridized carbons (Fsp3) is 0.226. The molecule has 0 aromatic heterocycles. The molecular weight excluding hydrogens is 540 g/mol. The van der Waals surface area contributed by atoms with Gasteiger partial charge in [0, 0.05) is 17.1 Å². The topological polar surface area (TPSA) is 144 Å². The SMILES string of the molecule is CCOC(=O)c1ccc(NC(=O)COc2ccc([C@@H]3NC(=O)NC(C)=C3C(=O)Nc3ccccc3C)cc2OC)cc1. The summed E-state index contributed by atoms with van der Waals surface area (Å²) in [6.45, 7) is 5.23. The summed E-state index contributed by atoms with van der Waals surface area (Å²) < 4.78 is 16.2. The van der Waals surface area contributed by atoms with Gasteiger partial charge in [0.1, 0.15) is 0 Å². The van der Waals surface area contributed by atoms with Crippen molar-refractivity contribution < 1.29 is 33.4 Å². The van der Waals surface area contributed by atoms with E-state index in [0.717, 1.165) is 5.56 Å². The second-order valence-corrected chi connectivity index (χ2v) is 9.38. The van der Waals surface area contributed by atoms with E-state index in [9.17, 15) is 19.2 Å². The zero-order valence-corrected chi connectivity index (χ0v) is 23.7. The first-order valence-corrected chi connectivity index (χ1v) is 13.2. The van der Waals surface area contributed by atoms with Crippen LogP contribution in [0.2, 0.25) is 0 Å². The van der Waals surface area contributed by atoms with Crippen molar-refractivity contribution in [1.82, 2.24) is 10.6 Å². The Morgan fingerprint density at radius 2 is 1.67 bits per heavy atom. The predicted octanol–water partition coefficient (Wildman–Crippen LogP) is 4.46. The van der Waals surface area contributed by atoms with E-state index in [0.29, 0.717) is 45.3 Å². The second-order valence-electron chi connectivity index (χ2n) is 9.38. The number of nitrogens with one attached hydrogen (secondary N) is 4. The number of benzene rings is 3. The van der Waals surface area contributed by atoms with Gasteiger partial charge >= 0.3 is 12.0 Å². The van der Waals surface area contributed by atoms with Gasteiger partial charge in [0.25, 0.3) is 11.8 Å². The average molecular weight is 573 g/mol. The number of amides is 4. The molecule has 4 amide bonds. The summed E-state index contributed by atoms with van der Waals surface area (Å²) in [5.41, 5.74) is 3.75. The number of allylic oxidation sites excluding steroid dienone is 1. The molecule has 0 bridgehead atoms. The quantitative estimate of drug-likeness (QED) is 0.263. The number of rotatable bonds is 10. The number of para-hydroxylation sites is 1. The van der Waals surface area contributed by atoms with Crippen molar-refractivity contribution >= 4 is 35.2 Å². The van der Waals surface area contributed by atoms with Gasteiger partial charge in [-0.15, -0.1) is 0 Å². The van der Waals surface area contributed by atoms with Gasteiger partial charge in [-0.05, 0) is 74.4 Å². The maximum Gasteiger partial charge on any atom is 0.338 e. The summed E-state index contributed by atoms with van der Waals surface area (Å²) in [6.07, 6.45) is 0. The van der Waals surface area contributed by atoms with Gasteiger partial charge in [0.2, 0.25) is 0 Å². The smallest absolute Gasteiger partial charge is 0.338 e. The van der Waals surface area contributed by atoms with Gasteiger partial charge in [-0.2, -0.15) is 0 Å². The van der Waals surface area contributed by atoms with Crippen molar-refractivity contribution in [3.05, 3.63) is 94.7 Å². The number of carbonyl (C=O) groups excluding carboxylic acids is 4. The van der Waals surface area contributed by atoms with Crippen LogP contribution >= 0.6 is 0 Å². The number of aryl methyl sites for hydroxylation is 1. The second kappa shape index (κ2) is 13.4. The summed E-state index contributed by atoms with van der Waals surface area (Å²) >= 11 is 0. The van der Waals surface area contributed by atoms with E-state index in [2.05, 4.69) is 21.3 Å². The Labute approximate surface area is 243 Å². The van der Waals surface area contributed by atoms with E-state index in [1.165, 1.54) is 7.11 Å². The van der Waals surface area contributed by atoms with Gasteiger partial charge in [-0.1, -0.05) is 24.3 Å². The number of hydrogen-bond acceptors (Lipinski definition) is 7. The first kappa shape index (κ1) is 29.7. The van der Waals surface area contributed by atoms with Crippen molar-refractivity contribution in [2.45, 2.75) is 26.8 Å². The standard InChI is InChI=1S/C31H32N4O7/c1-5-41-30(38)20-10-13-22(14-11-20)33-26(36)17-42-24-15-12-21(16-25(24)40-4)28-27(19(3)32-31(39)35-28)29(37)34-23-9-7-6-8-18(23)2/h6-16,28H,5,17H2,1-4H3,(H,33,36)(H,34,37)(H2,32,35,39)/t28-/m0/s1. The molecule has 0 unspecified atom stereocenters. The molecule has 11 nitrogen and oxygen atoms in total. The number of anilines is 2. The van der Waals surface area contributed by atoms with Crippen LogP contribution in [0.5, 0.6) is 11.5 Å². The van der Waals surface area contributed by atoms with Gasteiger partial charge in [-0.3, -0.25) is 9.59 Å². The third-order valence-corrected chi connectivity index (χ3v) is 6.47. The Morgan fingerprint density at radius 3 is 2.36 bits per heavy atom. The molecule has 1 heterocycles. The Hall–Kier alpha value is -5.32. The van der Waals surface area contributed by atoms with E-state index in [1.807, 2.05) is 25.1 Å². The molecule has 0 spiro atoms. The number of esters is 1. The average Bonchev–Trinajstić information content (AvgIpc) is 2.97. The minimum atomic E-state index is -0.772. The Balaban J connectivity index is 1.46. The summed E-state index contributed by atoms with van der Waals surface area (Å²) in [5.74, 6) is -0.637. The van der Waals surface area contributed by atoms with E-state index in [-0.39, 0.29) is 19.1 Å². The zero-order valence-electron chi connectivity index (χ0n) is 23.7. The highest BCUT2D eigenvalue weighted by molar-refractivity contribution is 6.07. The molecule has 11 heteroatoms. The molecule has 1 aliphatic rings. The van der Waals surface area contributed by atoms with Crippen molar-refractivity contribution in [3.63, 3.8) is 0 Å². The maximum absolute atomic E-state index is 13.4. The van der Waals surface area contributed by atoms with Crippen LogP contribution in [0.25, 0.3) is 0 Å². The molecule has 0 aliphatic carbocycles. The summed E-state index contributed by atoms with van der Waals surface area (Å²) in [6, 6.07) is 17.4. The maximum atomic E-state index is 13.4. The van der Waals surface area contributed by atoms with Gasteiger partial charge in [0.15, 0.2) is 18.1 Å². The fourth-order valence-electron chi connectivity index (χ4n) is 4.38. The molecule has 1 atom stereocenters. The van der Waals surface area contributed by atoms with Crippen LogP contribution in [-0.2, 0) is 14.3 Å². The summed E-state index contributed by atoms with van der Waals surface area (Å²) in [4.78, 5) is 50.0. The lowest BCUT2D eigenvalue weighted by atomic mass is 9.94. The van der Waals surface area contributed by atoms with Crippen LogP contribution in [0, 0.1) is 6.92 Å². The van der Waals surface area contributed by atoms with Gasteiger partial charge in [0.05, 0.1) is 30.9 Å². The van der Waals surface area contributed by atoms with Crippen LogP contribution in [-0.4, -0.2) is 44.1 Å². The lowest BCUT2D eigenvalue weighted by Crippen LogP contribution is -2.46. The van der Waals surface area contributed by atoms with Crippen molar-refractivity contribution in [2.24, 2.45) is 0 Å². The first-order chi connectivity index (χ1) is 20.2. The molecule has 0 fully saturated rings. The van der Waals surface area contributed by atoms with Crippen molar-refractivity contribution in [3.8, 4) is 11.5 Å². The van der Waals surface area contributed by atoms with Crippen molar-refractivity contribution in [2.75, 3.05) is 31.0 Å². The molecule has 4 rings (SSSR count). The molecule has 42 heavy (non-hydrogen) atoms. The third-order valence-electron chi connectivity index (χ3n) is 6.47. The monoisotopic (exact) mass is 572 g/mol. The van der Waals surface area contributed by atoms with E-state index >= 15 is 0 Å². The van der Waals surface area contributed by atoms with Crippen molar-refractivity contribution in [1.29, 1.82) is 0 Å². The molecule has 218 valence electrons. The number of hydrogen-bond donors (Lipinski definition) is 4. The van der Waals surface area contributed by atoms with Gasteiger partial charge in [-0.25, -0.2) is 9.59 Å². The largest absolute Gasteiger partial charge is 0.493 e. The van der Waals surface area contributed by atoms with E-state index in [1.54, 1.807) is 62.4 Å². The predicted molar refractivity (Wildman–Crippen MR) is 156 cm³/mol. The Kier molecular flexibility index (Phi) is 9.43. The molecule has 0 saturated heterocycles. The molecule has 4 N–H and O–H groups in total. The Bertz CT molecular complexity index is 1530. The van der Waals surface area contributed by atoms with E-state index in [4.69, 9.17) is 14.2 Å². The molecule has 3 aromatic rings. The van der Waals surface area contributed by atoms with Crippen LogP contribution < -0.4 is 30.7 Å². The highest BCUT2D eigenvalue weighted by Crippen LogP contribution is 2.35. The molecule has 3 aromatic carbocycles. The first-order valence-electron chi connectivity index (χ1n) is 13.2. The highest BCUT2D eigenvalue weighted by atomic mass is 16.5. The summed E-state index contributed by atoms with van der Waals surface area (Å²) in [7, 11) is 1.45. The molecular formula is C31H32N4O7. The number of methoxy groups -OCH3 is 1. The van der Waals surface area contributed by atoms with Crippen LogP contribution in [0.15, 0.2) is 78.0 Å². The normalized spacial score (nSPS) is 14.3. The number of ether oxygens (including phenoxy) is 3. The van der Waals surface area contributed by atoms with Crippen LogP contribution in [0.4, 0.5) is 16.2 Å². The summed E-state index contributed by atoms with van der Waals surface area (Å²) in [5, 5.41) is 11.1. The minimum absolute atomic E-state index is 0.270. The number of urea groups is 1. The lowest BCUT2D eigenvalue weighted by molar-refractivity contribution is -0.118. The number of carbonyl (C=O) groups is 4. The lowest BCUT2D eigenvalue weighted by Gasteiger charge is -2.29. The molecule has 0 saturated carbocycles. The van der Waals surface area contributed by atoms with Crippen LogP contribution in [0.1, 0.15) is 41.4 Å². The fourth-order valence-corrected chi connectivity index (χ4v) is 4.38. The highest BCUT2D eigenvalue weighted by Gasteiger charge is 2.32. The van der Waals surface area contributed by atoms with E-state index < -0.39 is 23.9 Å². The molecule has 1 aliphatic heterocycles. The minimum Gasteiger partial charge on any atom is -0.493 e. The molecule has 0 radical (unpaired) electrons. The third kappa shape index (κ3) is 7.05.